The highest BCUT2D eigenvalue weighted by molar-refractivity contribution is 7.98. The van der Waals surface area contributed by atoms with Crippen molar-refractivity contribution in [3.8, 4) is 0 Å². The van der Waals surface area contributed by atoms with E-state index in [4.69, 9.17) is 0 Å². The van der Waals surface area contributed by atoms with Gasteiger partial charge in [0, 0.05) is 31.9 Å². The van der Waals surface area contributed by atoms with Gasteiger partial charge in [0.05, 0.1) is 0 Å². The fourth-order valence-corrected chi connectivity index (χ4v) is 3.02. The minimum atomic E-state index is -1.01. The number of anilines is 1. The van der Waals surface area contributed by atoms with E-state index in [-0.39, 0.29) is 11.8 Å². The summed E-state index contributed by atoms with van der Waals surface area (Å²) in [6.45, 7) is 2.25. The van der Waals surface area contributed by atoms with Gasteiger partial charge in [-0.05, 0) is 42.7 Å². The molecule has 2 amide bonds. The zero-order valence-electron chi connectivity index (χ0n) is 13.6. The van der Waals surface area contributed by atoms with E-state index in [1.165, 1.54) is 12.1 Å². The Bertz CT molecular complexity index is 562. The molecule has 2 N–H and O–H groups in total. The Morgan fingerprint density at radius 3 is 2.42 bits per heavy atom. The van der Waals surface area contributed by atoms with Crippen molar-refractivity contribution in [3.63, 3.8) is 0 Å². The monoisotopic (exact) mass is 355 g/mol. The number of urea groups is 1. The second-order valence-electron chi connectivity index (χ2n) is 5.57. The van der Waals surface area contributed by atoms with Gasteiger partial charge in [-0.2, -0.15) is 11.8 Å². The van der Waals surface area contributed by atoms with E-state index in [2.05, 4.69) is 10.2 Å². The summed E-state index contributed by atoms with van der Waals surface area (Å²) < 4.78 is 13.0. The van der Waals surface area contributed by atoms with Crippen molar-refractivity contribution >= 4 is 29.4 Å². The van der Waals surface area contributed by atoms with Crippen LogP contribution in [-0.4, -0.2) is 66.2 Å². The Morgan fingerprint density at radius 1 is 1.25 bits per heavy atom. The number of hydrogen-bond donors (Lipinski definition) is 2. The third kappa shape index (κ3) is 5.02. The Kier molecular flexibility index (Phi) is 6.72. The highest BCUT2D eigenvalue weighted by Crippen LogP contribution is 2.17. The molecule has 0 saturated carbocycles. The number of nitrogens with zero attached hydrogens (tertiary/aromatic N) is 2. The molecule has 1 aliphatic rings. The molecule has 8 heteroatoms. The third-order valence-electron chi connectivity index (χ3n) is 3.97. The van der Waals surface area contributed by atoms with Crippen LogP contribution < -0.4 is 10.2 Å². The van der Waals surface area contributed by atoms with Crippen LogP contribution in [0.2, 0.25) is 0 Å². The molecule has 1 aromatic carbocycles. The molecule has 24 heavy (non-hydrogen) atoms. The molecule has 132 valence electrons. The second kappa shape index (κ2) is 8.77. The molecule has 0 bridgehead atoms. The predicted molar refractivity (Wildman–Crippen MR) is 93.1 cm³/mol. The largest absolute Gasteiger partial charge is 0.480 e. The number of hydrogen-bond acceptors (Lipinski definition) is 4. The molecule has 1 heterocycles. The lowest BCUT2D eigenvalue weighted by molar-refractivity contribution is -0.139. The molecule has 1 aliphatic heterocycles. The number of carboxylic acids is 1. The second-order valence-corrected chi connectivity index (χ2v) is 6.56. The lowest BCUT2D eigenvalue weighted by atomic mass is 10.2. The molecule has 1 atom stereocenters. The first kappa shape index (κ1) is 18.4. The fraction of sp³-hybridized carbons (Fsp3) is 0.500. The van der Waals surface area contributed by atoms with E-state index in [0.29, 0.717) is 38.4 Å². The number of aliphatic carboxylic acids is 1. The summed E-state index contributed by atoms with van der Waals surface area (Å²) in [6, 6.07) is 5.05. The number of carboxylic acid groups (broad SMARTS) is 1. The lowest BCUT2D eigenvalue weighted by Gasteiger charge is -2.36. The summed E-state index contributed by atoms with van der Waals surface area (Å²) >= 11 is 1.55. The number of carbonyl (C=O) groups excluding carboxylic acids is 1. The molecule has 1 aromatic rings. The highest BCUT2D eigenvalue weighted by Gasteiger charge is 2.25. The van der Waals surface area contributed by atoms with Gasteiger partial charge < -0.3 is 20.2 Å². The van der Waals surface area contributed by atoms with Gasteiger partial charge in [0.15, 0.2) is 0 Å². The van der Waals surface area contributed by atoms with E-state index < -0.39 is 12.0 Å². The first-order valence-electron chi connectivity index (χ1n) is 7.79. The molecular formula is C16H22FN3O3S. The fourth-order valence-electron chi connectivity index (χ4n) is 2.55. The van der Waals surface area contributed by atoms with Crippen LogP contribution in [0.15, 0.2) is 24.3 Å². The first-order valence-corrected chi connectivity index (χ1v) is 9.18. The average molecular weight is 355 g/mol. The van der Waals surface area contributed by atoms with Gasteiger partial charge in [0.25, 0.3) is 0 Å². The summed E-state index contributed by atoms with van der Waals surface area (Å²) in [5, 5.41) is 11.8. The van der Waals surface area contributed by atoms with E-state index >= 15 is 0 Å². The topological polar surface area (TPSA) is 72.9 Å². The van der Waals surface area contributed by atoms with Gasteiger partial charge in [-0.15, -0.1) is 0 Å². The van der Waals surface area contributed by atoms with Crippen molar-refractivity contribution < 1.29 is 19.1 Å². The van der Waals surface area contributed by atoms with Gasteiger partial charge in [-0.25, -0.2) is 14.0 Å². The van der Waals surface area contributed by atoms with Crippen LogP contribution in [0.25, 0.3) is 0 Å². The smallest absolute Gasteiger partial charge is 0.326 e. The molecule has 0 spiro atoms. The standard InChI is InChI=1S/C16H22FN3O3S/c1-24-11-6-14(15(21)22)18-16(23)20-9-7-19(8-10-20)13-4-2-12(17)3-5-13/h2-5,14H,6-11H2,1H3,(H,18,23)(H,21,22). The molecule has 0 aliphatic carbocycles. The number of amides is 2. The van der Waals surface area contributed by atoms with E-state index in [1.807, 2.05) is 6.26 Å². The van der Waals surface area contributed by atoms with E-state index in [9.17, 15) is 19.1 Å². The number of benzene rings is 1. The summed E-state index contributed by atoms with van der Waals surface area (Å²) in [5.41, 5.74) is 0.917. The van der Waals surface area contributed by atoms with Gasteiger partial charge in [0.2, 0.25) is 0 Å². The first-order chi connectivity index (χ1) is 11.5. The SMILES string of the molecule is CSCCC(NC(=O)N1CCN(c2ccc(F)cc2)CC1)C(=O)O. The van der Waals surface area contributed by atoms with Crippen LogP contribution in [0.3, 0.4) is 0 Å². The Balaban J connectivity index is 1.85. The predicted octanol–water partition coefficient (Wildman–Crippen LogP) is 1.86. The molecule has 0 aromatic heterocycles. The number of nitrogens with one attached hydrogen (secondary N) is 1. The van der Waals surface area contributed by atoms with Crippen LogP contribution in [0.1, 0.15) is 6.42 Å². The van der Waals surface area contributed by atoms with Crippen molar-refractivity contribution in [2.24, 2.45) is 0 Å². The Morgan fingerprint density at radius 2 is 1.88 bits per heavy atom. The van der Waals surface area contributed by atoms with Gasteiger partial charge in [0.1, 0.15) is 11.9 Å². The maximum absolute atomic E-state index is 13.0. The van der Waals surface area contributed by atoms with Gasteiger partial charge in [-0.3, -0.25) is 0 Å². The van der Waals surface area contributed by atoms with Crippen molar-refractivity contribution in [3.05, 3.63) is 30.1 Å². The molecular weight excluding hydrogens is 333 g/mol. The molecule has 1 fully saturated rings. The van der Waals surface area contributed by atoms with E-state index in [1.54, 1.807) is 28.8 Å². The minimum Gasteiger partial charge on any atom is -0.480 e. The average Bonchev–Trinajstić information content (AvgIpc) is 2.59. The lowest BCUT2D eigenvalue weighted by Crippen LogP contribution is -2.54. The molecule has 1 saturated heterocycles. The maximum atomic E-state index is 13.0. The third-order valence-corrected chi connectivity index (χ3v) is 4.61. The van der Waals surface area contributed by atoms with Crippen LogP contribution >= 0.6 is 11.8 Å². The van der Waals surface area contributed by atoms with Crippen LogP contribution in [-0.2, 0) is 4.79 Å². The zero-order chi connectivity index (χ0) is 17.5. The van der Waals surface area contributed by atoms with Crippen molar-refractivity contribution in [1.29, 1.82) is 0 Å². The van der Waals surface area contributed by atoms with Gasteiger partial charge in [-0.1, -0.05) is 0 Å². The normalized spacial score (nSPS) is 15.9. The van der Waals surface area contributed by atoms with Gasteiger partial charge >= 0.3 is 12.0 Å². The summed E-state index contributed by atoms with van der Waals surface area (Å²) in [5.74, 6) is -0.612. The molecule has 6 nitrogen and oxygen atoms in total. The van der Waals surface area contributed by atoms with Crippen LogP contribution in [0.4, 0.5) is 14.9 Å². The van der Waals surface area contributed by atoms with Crippen molar-refractivity contribution in [2.75, 3.05) is 43.1 Å². The number of piperazine rings is 1. The number of rotatable bonds is 6. The van der Waals surface area contributed by atoms with E-state index in [0.717, 1.165) is 5.69 Å². The van der Waals surface area contributed by atoms with Crippen molar-refractivity contribution in [2.45, 2.75) is 12.5 Å². The molecule has 0 radical (unpaired) electrons. The zero-order valence-corrected chi connectivity index (χ0v) is 14.4. The summed E-state index contributed by atoms with van der Waals surface area (Å²) in [4.78, 5) is 27.1. The summed E-state index contributed by atoms with van der Waals surface area (Å²) in [7, 11) is 0. The summed E-state index contributed by atoms with van der Waals surface area (Å²) in [6.07, 6.45) is 2.30. The quantitative estimate of drug-likeness (QED) is 0.815. The molecule has 1 unspecified atom stereocenters. The van der Waals surface area contributed by atoms with Crippen LogP contribution in [0, 0.1) is 5.82 Å². The minimum absolute atomic E-state index is 0.276. The Hall–Kier alpha value is -1.96. The molecule has 2 rings (SSSR count). The number of thioether (sulfide) groups is 1. The highest BCUT2D eigenvalue weighted by atomic mass is 32.2. The number of halogens is 1. The number of carbonyl (C=O) groups is 2. The van der Waals surface area contributed by atoms with Crippen LogP contribution in [0.5, 0.6) is 0 Å². The maximum Gasteiger partial charge on any atom is 0.326 e. The Labute approximate surface area is 145 Å². The van der Waals surface area contributed by atoms with Crippen molar-refractivity contribution in [1.82, 2.24) is 10.2 Å².